The second-order valence-corrected chi connectivity index (χ2v) is 6.27. The molecule has 0 saturated heterocycles. The number of ether oxygens (including phenoxy) is 3. The molecule has 1 aliphatic rings. The lowest BCUT2D eigenvalue weighted by atomic mass is 10.2. The van der Waals surface area contributed by atoms with E-state index < -0.39 is 5.97 Å². The van der Waals surface area contributed by atoms with E-state index in [0.29, 0.717) is 35.9 Å². The first-order valence-corrected chi connectivity index (χ1v) is 9.00. The monoisotopic (exact) mass is 393 g/mol. The predicted molar refractivity (Wildman–Crippen MR) is 101 cm³/mol. The van der Waals surface area contributed by atoms with Crippen LogP contribution in [0, 0.1) is 0 Å². The Balaban J connectivity index is 1.65. The minimum atomic E-state index is -0.541. The van der Waals surface area contributed by atoms with Crippen molar-refractivity contribution in [2.24, 2.45) is 0 Å². The van der Waals surface area contributed by atoms with Crippen molar-refractivity contribution in [2.75, 3.05) is 19.8 Å². The fraction of sp³-hybridized carbons (Fsp3) is 0.211. The van der Waals surface area contributed by atoms with Gasteiger partial charge in [0.05, 0.1) is 18.5 Å². The summed E-state index contributed by atoms with van der Waals surface area (Å²) in [6, 6.07) is 6.95. The number of carbonyl (C=O) groups is 1. The van der Waals surface area contributed by atoms with Crippen LogP contribution in [-0.4, -0.2) is 50.2 Å². The molecule has 146 valence electrons. The van der Waals surface area contributed by atoms with E-state index in [1.165, 1.54) is 15.3 Å². The van der Waals surface area contributed by atoms with Crippen LogP contribution < -0.4 is 15.0 Å². The van der Waals surface area contributed by atoms with E-state index in [-0.39, 0.29) is 28.9 Å². The van der Waals surface area contributed by atoms with Gasteiger partial charge in [0.1, 0.15) is 24.3 Å². The third-order valence-corrected chi connectivity index (χ3v) is 4.56. The smallest absolute Gasteiger partial charge is 0.343 e. The van der Waals surface area contributed by atoms with Crippen LogP contribution in [0.4, 0.5) is 0 Å². The van der Waals surface area contributed by atoms with Crippen LogP contribution in [0.15, 0.2) is 41.5 Å². The molecule has 10 nitrogen and oxygen atoms in total. The average molecular weight is 393 g/mol. The van der Waals surface area contributed by atoms with Gasteiger partial charge in [-0.25, -0.2) is 9.31 Å². The number of fused-ring (bicyclic) bond motifs is 4. The second-order valence-electron chi connectivity index (χ2n) is 6.27. The summed E-state index contributed by atoms with van der Waals surface area (Å²) in [6.45, 7) is 2.89. The molecule has 0 spiro atoms. The molecular weight excluding hydrogens is 378 g/mol. The van der Waals surface area contributed by atoms with E-state index in [9.17, 15) is 9.59 Å². The predicted octanol–water partition coefficient (Wildman–Crippen LogP) is 1.38. The van der Waals surface area contributed by atoms with Crippen molar-refractivity contribution < 1.29 is 19.0 Å². The largest absolute Gasteiger partial charge is 0.486 e. The van der Waals surface area contributed by atoms with Crippen LogP contribution in [-0.2, 0) is 4.74 Å². The molecule has 0 atom stereocenters. The molecule has 0 aliphatic carbocycles. The van der Waals surface area contributed by atoms with Crippen LogP contribution in [0.1, 0.15) is 17.3 Å². The van der Waals surface area contributed by atoms with Crippen molar-refractivity contribution in [3.05, 3.63) is 52.6 Å². The number of nitrogens with zero attached hydrogens (tertiary/aromatic N) is 5. The van der Waals surface area contributed by atoms with E-state index >= 15 is 0 Å². The number of carbonyl (C=O) groups excluding carboxylic acids is 1. The Hall–Kier alpha value is -3.95. The van der Waals surface area contributed by atoms with Crippen molar-refractivity contribution in [1.82, 2.24) is 24.4 Å². The van der Waals surface area contributed by atoms with Gasteiger partial charge in [0, 0.05) is 12.3 Å². The normalized spacial score (nSPS) is 13.0. The molecule has 0 saturated carbocycles. The first-order valence-electron chi connectivity index (χ1n) is 9.00. The summed E-state index contributed by atoms with van der Waals surface area (Å²) in [6.07, 6.45) is 2.97. The number of rotatable bonds is 3. The van der Waals surface area contributed by atoms with Gasteiger partial charge in [0.25, 0.3) is 5.56 Å². The summed E-state index contributed by atoms with van der Waals surface area (Å²) >= 11 is 0. The van der Waals surface area contributed by atoms with E-state index in [2.05, 4.69) is 15.3 Å². The van der Waals surface area contributed by atoms with Gasteiger partial charge >= 0.3 is 5.97 Å². The van der Waals surface area contributed by atoms with Gasteiger partial charge < -0.3 is 14.2 Å². The molecule has 0 unspecified atom stereocenters. The Morgan fingerprint density at radius 3 is 2.83 bits per heavy atom. The molecular formula is C19H15N5O5. The number of hydrogen-bond donors (Lipinski definition) is 0. The molecule has 29 heavy (non-hydrogen) atoms. The molecule has 0 fully saturated rings. The van der Waals surface area contributed by atoms with E-state index in [1.807, 2.05) is 0 Å². The van der Waals surface area contributed by atoms with Gasteiger partial charge in [-0.05, 0) is 25.1 Å². The van der Waals surface area contributed by atoms with Gasteiger partial charge in [0.2, 0.25) is 0 Å². The molecule has 0 amide bonds. The van der Waals surface area contributed by atoms with Crippen LogP contribution in [0.3, 0.4) is 0 Å². The summed E-state index contributed by atoms with van der Waals surface area (Å²) in [7, 11) is 0. The molecule has 4 aromatic rings. The van der Waals surface area contributed by atoms with Crippen molar-refractivity contribution in [3.8, 4) is 17.2 Å². The zero-order chi connectivity index (χ0) is 20.0. The Bertz CT molecular complexity index is 1330. The quantitative estimate of drug-likeness (QED) is 0.480. The zero-order valence-corrected chi connectivity index (χ0v) is 15.4. The highest BCUT2D eigenvalue weighted by Gasteiger charge is 2.19. The summed E-state index contributed by atoms with van der Waals surface area (Å²) in [5.74, 6) is 0.674. The molecule has 1 aliphatic heterocycles. The molecule has 1 aromatic carbocycles. The topological polar surface area (TPSA) is 110 Å². The Kier molecular flexibility index (Phi) is 3.90. The maximum Gasteiger partial charge on any atom is 0.343 e. The number of benzene rings is 1. The van der Waals surface area contributed by atoms with Crippen LogP contribution >= 0.6 is 0 Å². The van der Waals surface area contributed by atoms with Crippen LogP contribution in [0.5, 0.6) is 11.5 Å². The molecule has 3 aromatic heterocycles. The van der Waals surface area contributed by atoms with Crippen molar-refractivity contribution >= 4 is 22.6 Å². The van der Waals surface area contributed by atoms with Gasteiger partial charge in [-0.15, -0.1) is 10.2 Å². The van der Waals surface area contributed by atoms with Gasteiger partial charge in [-0.3, -0.25) is 9.36 Å². The van der Waals surface area contributed by atoms with Gasteiger partial charge in [0.15, 0.2) is 22.7 Å². The number of esters is 1. The number of pyridine rings is 1. The molecule has 0 N–H and O–H groups in total. The van der Waals surface area contributed by atoms with Gasteiger partial charge in [-0.2, -0.15) is 5.10 Å². The Morgan fingerprint density at radius 2 is 2.00 bits per heavy atom. The summed E-state index contributed by atoms with van der Waals surface area (Å²) in [4.78, 5) is 25.1. The molecule has 10 heteroatoms. The molecule has 0 radical (unpaired) electrons. The SMILES string of the molecule is CCOC(=O)c1cnn2c1nnc1c(=O)n(-c3ccc4c(c3)OCCO4)ccc12. The van der Waals surface area contributed by atoms with E-state index in [0.717, 1.165) is 0 Å². The van der Waals surface area contributed by atoms with Crippen LogP contribution in [0.25, 0.3) is 22.4 Å². The number of hydrogen-bond acceptors (Lipinski definition) is 8. The second kappa shape index (κ2) is 6.59. The zero-order valence-electron chi connectivity index (χ0n) is 15.4. The maximum absolute atomic E-state index is 13.0. The highest BCUT2D eigenvalue weighted by atomic mass is 16.6. The average Bonchev–Trinajstić information content (AvgIpc) is 3.18. The van der Waals surface area contributed by atoms with Gasteiger partial charge in [-0.1, -0.05) is 0 Å². The maximum atomic E-state index is 13.0. The number of aromatic nitrogens is 5. The van der Waals surface area contributed by atoms with Crippen LogP contribution in [0.2, 0.25) is 0 Å². The highest BCUT2D eigenvalue weighted by molar-refractivity contribution is 5.96. The molecule has 5 rings (SSSR count). The summed E-state index contributed by atoms with van der Waals surface area (Å²) in [5, 5.41) is 12.3. The van der Waals surface area contributed by atoms with E-state index in [1.54, 1.807) is 37.4 Å². The lowest BCUT2D eigenvalue weighted by Gasteiger charge is -2.19. The first-order chi connectivity index (χ1) is 14.2. The minimum Gasteiger partial charge on any atom is -0.486 e. The molecule has 0 bridgehead atoms. The third kappa shape index (κ3) is 2.68. The van der Waals surface area contributed by atoms with Crippen molar-refractivity contribution in [2.45, 2.75) is 6.92 Å². The van der Waals surface area contributed by atoms with Crippen molar-refractivity contribution in [3.63, 3.8) is 0 Å². The molecule has 4 heterocycles. The van der Waals surface area contributed by atoms with Crippen molar-refractivity contribution in [1.29, 1.82) is 0 Å². The standard InChI is InChI=1S/C19H15N5O5/c1-2-27-19(26)12-10-20-24-13-5-6-23(18(25)16(13)21-22-17(12)24)11-3-4-14-15(9-11)29-8-7-28-14/h3-6,9-10H,2,7-8H2,1H3. The third-order valence-electron chi connectivity index (χ3n) is 4.56. The minimum absolute atomic E-state index is 0.119. The lowest BCUT2D eigenvalue weighted by Crippen LogP contribution is -2.21. The Labute approximate surface area is 163 Å². The highest BCUT2D eigenvalue weighted by Crippen LogP contribution is 2.31. The fourth-order valence-electron chi connectivity index (χ4n) is 3.23. The summed E-state index contributed by atoms with van der Waals surface area (Å²) in [5.41, 5.74) is 1.21. The lowest BCUT2D eigenvalue weighted by molar-refractivity contribution is 0.0528. The first kappa shape index (κ1) is 17.2. The van der Waals surface area contributed by atoms with E-state index in [4.69, 9.17) is 14.2 Å². The fourth-order valence-corrected chi connectivity index (χ4v) is 3.23. The summed E-state index contributed by atoms with van der Waals surface area (Å²) < 4.78 is 19.0. The Morgan fingerprint density at radius 1 is 1.17 bits per heavy atom.